The molecular weight excluding hydrogens is 226 g/mol. The van der Waals surface area contributed by atoms with E-state index in [0.29, 0.717) is 6.54 Å². The molecule has 0 saturated carbocycles. The number of nitrogens with two attached hydrogens (primary N) is 1. The largest absolute Gasteiger partial charge is 0.326 e. The molecule has 0 aromatic carbocycles. The van der Waals surface area contributed by atoms with Gasteiger partial charge in [0.05, 0.1) is 0 Å². The first-order valence-corrected chi connectivity index (χ1v) is 6.60. The summed E-state index contributed by atoms with van der Waals surface area (Å²) in [6.45, 7) is 2.80. The maximum atomic E-state index is 5.68. The molecule has 18 heavy (non-hydrogen) atoms. The van der Waals surface area contributed by atoms with Crippen molar-refractivity contribution in [2.75, 3.05) is 13.1 Å². The van der Waals surface area contributed by atoms with Gasteiger partial charge in [-0.3, -0.25) is 4.40 Å². The van der Waals surface area contributed by atoms with Crippen LogP contribution in [0, 0.1) is 5.92 Å². The van der Waals surface area contributed by atoms with Crippen molar-refractivity contribution in [2.24, 2.45) is 11.7 Å². The number of aromatic nitrogens is 3. The Hall–Kier alpha value is -1.46. The Morgan fingerprint density at radius 2 is 2.11 bits per heavy atom. The second-order valence-electron chi connectivity index (χ2n) is 4.98. The monoisotopic (exact) mass is 245 g/mol. The lowest BCUT2D eigenvalue weighted by Gasteiger charge is -2.21. The zero-order chi connectivity index (χ0) is 12.4. The van der Waals surface area contributed by atoms with Crippen molar-refractivity contribution in [3.8, 4) is 0 Å². The minimum Gasteiger partial charge on any atom is -0.326 e. The van der Waals surface area contributed by atoms with Crippen LogP contribution in [0.15, 0.2) is 18.3 Å². The lowest BCUT2D eigenvalue weighted by Crippen LogP contribution is -2.29. The molecule has 5 nitrogen and oxygen atoms in total. The van der Waals surface area contributed by atoms with E-state index in [1.165, 1.54) is 12.8 Å². The molecular formula is C13H19N5. The number of hydrogen-bond donors (Lipinski definition) is 2. The Morgan fingerprint density at radius 1 is 1.28 bits per heavy atom. The molecule has 1 fully saturated rings. The molecule has 0 amide bonds. The Balaban J connectivity index is 1.86. The topological polar surface area (TPSA) is 68.2 Å². The van der Waals surface area contributed by atoms with Crippen molar-refractivity contribution in [1.82, 2.24) is 19.9 Å². The van der Waals surface area contributed by atoms with Gasteiger partial charge in [-0.15, -0.1) is 10.2 Å². The maximum Gasteiger partial charge on any atom is 0.160 e. The molecule has 1 saturated heterocycles. The number of nitrogens with zero attached hydrogens (tertiary/aromatic N) is 3. The highest BCUT2D eigenvalue weighted by molar-refractivity contribution is 5.39. The van der Waals surface area contributed by atoms with Gasteiger partial charge >= 0.3 is 0 Å². The van der Waals surface area contributed by atoms with Gasteiger partial charge in [-0.05, 0) is 43.5 Å². The van der Waals surface area contributed by atoms with Crippen molar-refractivity contribution in [3.05, 3.63) is 29.7 Å². The molecule has 3 N–H and O–H groups in total. The van der Waals surface area contributed by atoms with Crippen LogP contribution in [-0.4, -0.2) is 27.7 Å². The second kappa shape index (κ2) is 5.04. The smallest absolute Gasteiger partial charge is 0.160 e. The number of pyridine rings is 1. The molecule has 3 rings (SSSR count). The van der Waals surface area contributed by atoms with Crippen LogP contribution < -0.4 is 11.1 Å². The fourth-order valence-corrected chi connectivity index (χ4v) is 2.59. The summed E-state index contributed by atoms with van der Waals surface area (Å²) in [7, 11) is 0. The SMILES string of the molecule is NCc1ccc2nnc(CC3CCNCC3)n2c1. The molecule has 0 radical (unpaired) electrons. The highest BCUT2D eigenvalue weighted by Gasteiger charge is 2.16. The average molecular weight is 245 g/mol. The van der Waals surface area contributed by atoms with Gasteiger partial charge < -0.3 is 11.1 Å². The summed E-state index contributed by atoms with van der Waals surface area (Å²) in [6.07, 6.45) is 5.53. The molecule has 0 spiro atoms. The van der Waals surface area contributed by atoms with Crippen LogP contribution in [0.3, 0.4) is 0 Å². The molecule has 1 aliphatic rings. The highest BCUT2D eigenvalue weighted by Crippen LogP contribution is 2.17. The van der Waals surface area contributed by atoms with E-state index in [4.69, 9.17) is 5.73 Å². The highest BCUT2D eigenvalue weighted by atomic mass is 15.2. The average Bonchev–Trinajstić information content (AvgIpc) is 2.82. The van der Waals surface area contributed by atoms with E-state index in [0.717, 1.165) is 42.5 Å². The quantitative estimate of drug-likeness (QED) is 0.836. The lowest BCUT2D eigenvalue weighted by molar-refractivity contribution is 0.366. The second-order valence-corrected chi connectivity index (χ2v) is 4.98. The van der Waals surface area contributed by atoms with E-state index in [1.54, 1.807) is 0 Å². The fourth-order valence-electron chi connectivity index (χ4n) is 2.59. The molecule has 0 unspecified atom stereocenters. The zero-order valence-corrected chi connectivity index (χ0v) is 10.5. The van der Waals surface area contributed by atoms with Gasteiger partial charge in [-0.2, -0.15) is 0 Å². The van der Waals surface area contributed by atoms with Crippen LogP contribution in [0.2, 0.25) is 0 Å². The first-order valence-electron chi connectivity index (χ1n) is 6.60. The number of rotatable bonds is 3. The molecule has 2 aromatic rings. The number of nitrogens with one attached hydrogen (secondary N) is 1. The molecule has 0 atom stereocenters. The Labute approximate surface area is 106 Å². The third-order valence-electron chi connectivity index (χ3n) is 3.70. The number of fused-ring (bicyclic) bond motifs is 1. The standard InChI is InChI=1S/C13H19N5/c14-8-11-1-2-12-16-17-13(18(12)9-11)7-10-3-5-15-6-4-10/h1-2,9-10,15H,3-8,14H2. The van der Waals surface area contributed by atoms with Crippen molar-refractivity contribution in [2.45, 2.75) is 25.8 Å². The minimum absolute atomic E-state index is 0.556. The molecule has 1 aliphatic heterocycles. The van der Waals surface area contributed by atoms with Gasteiger partial charge in [0.25, 0.3) is 0 Å². The minimum atomic E-state index is 0.556. The van der Waals surface area contributed by atoms with Crippen LogP contribution in [-0.2, 0) is 13.0 Å². The first-order chi connectivity index (χ1) is 8.86. The summed E-state index contributed by atoms with van der Waals surface area (Å²) >= 11 is 0. The normalized spacial score (nSPS) is 17.4. The Morgan fingerprint density at radius 3 is 2.89 bits per heavy atom. The summed E-state index contributed by atoms with van der Waals surface area (Å²) in [5.74, 6) is 1.78. The van der Waals surface area contributed by atoms with Crippen molar-refractivity contribution in [1.29, 1.82) is 0 Å². The molecule has 2 aromatic heterocycles. The third-order valence-corrected chi connectivity index (χ3v) is 3.70. The molecule has 3 heterocycles. The van der Waals surface area contributed by atoms with E-state index in [9.17, 15) is 0 Å². The molecule has 0 aliphatic carbocycles. The molecule has 96 valence electrons. The van der Waals surface area contributed by atoms with Crippen molar-refractivity contribution >= 4 is 5.65 Å². The Bertz CT molecular complexity index is 527. The van der Waals surface area contributed by atoms with Gasteiger partial charge in [-0.1, -0.05) is 6.07 Å². The first kappa shape index (κ1) is 11.6. The van der Waals surface area contributed by atoms with Crippen LogP contribution in [0.25, 0.3) is 5.65 Å². The van der Waals surface area contributed by atoms with E-state index in [2.05, 4.69) is 26.1 Å². The van der Waals surface area contributed by atoms with Gasteiger partial charge in [0.1, 0.15) is 5.82 Å². The van der Waals surface area contributed by atoms with Crippen LogP contribution in [0.5, 0.6) is 0 Å². The fraction of sp³-hybridized carbons (Fsp3) is 0.538. The third kappa shape index (κ3) is 2.23. The lowest BCUT2D eigenvalue weighted by atomic mass is 9.94. The summed E-state index contributed by atoms with van der Waals surface area (Å²) in [5.41, 5.74) is 7.71. The van der Waals surface area contributed by atoms with E-state index in [-0.39, 0.29) is 0 Å². The van der Waals surface area contributed by atoms with Crippen molar-refractivity contribution in [3.63, 3.8) is 0 Å². The van der Waals surface area contributed by atoms with Crippen molar-refractivity contribution < 1.29 is 0 Å². The van der Waals surface area contributed by atoms with E-state index in [1.807, 2.05) is 12.1 Å². The van der Waals surface area contributed by atoms with E-state index < -0.39 is 0 Å². The summed E-state index contributed by atoms with van der Waals surface area (Å²) < 4.78 is 2.09. The predicted molar refractivity (Wildman–Crippen MR) is 70.2 cm³/mol. The van der Waals surface area contributed by atoms with Gasteiger partial charge in [0.15, 0.2) is 5.65 Å². The zero-order valence-electron chi connectivity index (χ0n) is 10.5. The maximum absolute atomic E-state index is 5.68. The Kier molecular flexibility index (Phi) is 3.25. The predicted octanol–water partition coefficient (Wildman–Crippen LogP) is 0.730. The van der Waals surface area contributed by atoms with Gasteiger partial charge in [0.2, 0.25) is 0 Å². The molecule has 5 heteroatoms. The molecule has 0 bridgehead atoms. The number of hydrogen-bond acceptors (Lipinski definition) is 4. The van der Waals surface area contributed by atoms with Gasteiger partial charge in [-0.25, -0.2) is 0 Å². The van der Waals surface area contributed by atoms with E-state index >= 15 is 0 Å². The van der Waals surface area contributed by atoms with Crippen LogP contribution >= 0.6 is 0 Å². The summed E-state index contributed by atoms with van der Waals surface area (Å²) in [5, 5.41) is 11.9. The van der Waals surface area contributed by atoms with Crippen LogP contribution in [0.4, 0.5) is 0 Å². The van der Waals surface area contributed by atoms with Crippen LogP contribution in [0.1, 0.15) is 24.2 Å². The summed E-state index contributed by atoms with van der Waals surface area (Å²) in [6, 6.07) is 4.00. The summed E-state index contributed by atoms with van der Waals surface area (Å²) in [4.78, 5) is 0. The number of piperidine rings is 1. The van der Waals surface area contributed by atoms with Gasteiger partial charge in [0, 0.05) is 19.2 Å².